The van der Waals surface area contributed by atoms with E-state index in [9.17, 15) is 12.8 Å². The summed E-state index contributed by atoms with van der Waals surface area (Å²) in [4.78, 5) is 6.96. The Labute approximate surface area is 155 Å². The highest BCUT2D eigenvalue weighted by Crippen LogP contribution is 2.21. The number of halogens is 1. The number of hydrogen-bond donors (Lipinski definition) is 1. The molecule has 144 valence electrons. The van der Waals surface area contributed by atoms with Gasteiger partial charge in [0.2, 0.25) is 0 Å². The third kappa shape index (κ3) is 4.75. The molecule has 1 fully saturated rings. The summed E-state index contributed by atoms with van der Waals surface area (Å²) in [6.45, 7) is 6.24. The molecule has 0 aromatic heterocycles. The molecule has 1 saturated heterocycles. The first-order valence-electron chi connectivity index (χ1n) is 9.40. The quantitative estimate of drug-likeness (QED) is 0.642. The summed E-state index contributed by atoms with van der Waals surface area (Å²) in [6, 6.07) is 5.26. The lowest BCUT2D eigenvalue weighted by molar-refractivity contribution is 0.369. The van der Waals surface area contributed by atoms with Crippen molar-refractivity contribution in [1.29, 1.82) is 0 Å². The van der Waals surface area contributed by atoms with E-state index >= 15 is 0 Å². The molecule has 0 spiro atoms. The van der Waals surface area contributed by atoms with Crippen LogP contribution in [0.1, 0.15) is 37.8 Å². The van der Waals surface area contributed by atoms with Crippen molar-refractivity contribution in [3.63, 3.8) is 0 Å². The highest BCUT2D eigenvalue weighted by Gasteiger charge is 2.28. The van der Waals surface area contributed by atoms with Crippen molar-refractivity contribution in [2.45, 2.75) is 45.7 Å². The molecule has 0 amide bonds. The Bertz CT molecular complexity index is 779. The molecule has 2 unspecified atom stereocenters. The van der Waals surface area contributed by atoms with E-state index in [2.05, 4.69) is 24.1 Å². The molecule has 0 bridgehead atoms. The summed E-state index contributed by atoms with van der Waals surface area (Å²) in [5, 5.41) is 3.48. The van der Waals surface area contributed by atoms with E-state index in [1.807, 2.05) is 6.07 Å². The molecule has 2 heterocycles. The van der Waals surface area contributed by atoms with Crippen molar-refractivity contribution >= 4 is 15.8 Å². The van der Waals surface area contributed by atoms with Crippen LogP contribution in [-0.4, -0.2) is 49.9 Å². The molecule has 26 heavy (non-hydrogen) atoms. The molecule has 1 aromatic carbocycles. The molecule has 0 aliphatic carbocycles. The van der Waals surface area contributed by atoms with Gasteiger partial charge in [-0.25, -0.2) is 12.8 Å². The Balaban J connectivity index is 1.73. The first-order valence-corrected chi connectivity index (χ1v) is 11.2. The van der Waals surface area contributed by atoms with Crippen LogP contribution in [0.3, 0.4) is 0 Å². The molecular formula is C19H28FN3O2S. The molecule has 3 rings (SSSR count). The van der Waals surface area contributed by atoms with Crippen molar-refractivity contribution in [2.24, 2.45) is 10.9 Å². The second kappa shape index (κ2) is 7.94. The zero-order valence-electron chi connectivity index (χ0n) is 15.5. The summed E-state index contributed by atoms with van der Waals surface area (Å²) in [7, 11) is -2.88. The summed E-state index contributed by atoms with van der Waals surface area (Å²) < 4.78 is 36.8. The Morgan fingerprint density at radius 3 is 2.92 bits per heavy atom. The summed E-state index contributed by atoms with van der Waals surface area (Å²) in [5.41, 5.74) is 2.19. The van der Waals surface area contributed by atoms with E-state index in [1.165, 1.54) is 6.07 Å². The zero-order valence-corrected chi connectivity index (χ0v) is 16.4. The topological polar surface area (TPSA) is 61.8 Å². The third-order valence-corrected chi connectivity index (χ3v) is 7.13. The van der Waals surface area contributed by atoms with Crippen LogP contribution in [0.15, 0.2) is 23.2 Å². The van der Waals surface area contributed by atoms with Gasteiger partial charge in [0, 0.05) is 25.7 Å². The standard InChI is InChI=1S/C19H28FN3O2S/c1-3-14(2)22-19(21-11-15-7-9-26(24,25)13-15)23-8-6-16-10-18(20)5-4-17(16)12-23/h4-5,10,14-15H,3,6-9,11-13H2,1-2H3,(H,21,22). The molecule has 2 aliphatic rings. The third-order valence-electron chi connectivity index (χ3n) is 5.29. The van der Waals surface area contributed by atoms with Crippen LogP contribution in [0.5, 0.6) is 0 Å². The zero-order chi connectivity index (χ0) is 18.7. The SMILES string of the molecule is CCC(C)NC(=NCC1CCS(=O)(=O)C1)N1CCc2cc(F)ccc2C1. The van der Waals surface area contributed by atoms with Gasteiger partial charge in [0.15, 0.2) is 15.8 Å². The van der Waals surface area contributed by atoms with E-state index < -0.39 is 9.84 Å². The number of benzene rings is 1. The van der Waals surface area contributed by atoms with Gasteiger partial charge < -0.3 is 10.2 Å². The fraction of sp³-hybridized carbons (Fsp3) is 0.632. The minimum atomic E-state index is -2.88. The normalized spacial score (nSPS) is 23.6. The molecule has 2 aliphatic heterocycles. The Morgan fingerprint density at radius 2 is 2.23 bits per heavy atom. The maximum Gasteiger partial charge on any atom is 0.194 e. The number of nitrogens with zero attached hydrogens (tertiary/aromatic N) is 2. The van der Waals surface area contributed by atoms with E-state index in [-0.39, 0.29) is 29.3 Å². The van der Waals surface area contributed by atoms with Crippen LogP contribution in [0, 0.1) is 11.7 Å². The van der Waals surface area contributed by atoms with Crippen molar-refractivity contribution < 1.29 is 12.8 Å². The first kappa shape index (κ1) is 19.1. The summed E-state index contributed by atoms with van der Waals surface area (Å²) >= 11 is 0. The maximum absolute atomic E-state index is 13.4. The molecule has 7 heteroatoms. The predicted molar refractivity (Wildman–Crippen MR) is 102 cm³/mol. The van der Waals surface area contributed by atoms with Gasteiger partial charge in [0.25, 0.3) is 0 Å². The van der Waals surface area contributed by atoms with Crippen molar-refractivity contribution in [3.8, 4) is 0 Å². The van der Waals surface area contributed by atoms with Crippen molar-refractivity contribution in [3.05, 3.63) is 35.1 Å². The maximum atomic E-state index is 13.4. The molecule has 0 saturated carbocycles. The molecule has 1 aromatic rings. The van der Waals surface area contributed by atoms with Crippen LogP contribution in [0.25, 0.3) is 0 Å². The van der Waals surface area contributed by atoms with E-state index in [1.54, 1.807) is 6.07 Å². The van der Waals surface area contributed by atoms with E-state index in [4.69, 9.17) is 4.99 Å². The molecule has 0 radical (unpaired) electrons. The molecule has 2 atom stereocenters. The minimum Gasteiger partial charge on any atom is -0.354 e. The fourth-order valence-corrected chi connectivity index (χ4v) is 5.34. The summed E-state index contributed by atoms with van der Waals surface area (Å²) in [6.07, 6.45) is 2.46. The number of nitrogens with one attached hydrogen (secondary N) is 1. The van der Waals surface area contributed by atoms with Gasteiger partial charge in [-0.1, -0.05) is 13.0 Å². The van der Waals surface area contributed by atoms with Crippen LogP contribution in [0.2, 0.25) is 0 Å². The minimum absolute atomic E-state index is 0.111. The van der Waals surface area contributed by atoms with Gasteiger partial charge in [-0.15, -0.1) is 0 Å². The average Bonchev–Trinajstić information content (AvgIpc) is 2.96. The van der Waals surface area contributed by atoms with Gasteiger partial charge in [-0.2, -0.15) is 0 Å². The predicted octanol–water partition coefficient (Wildman–Crippen LogP) is 2.36. The lowest BCUT2D eigenvalue weighted by atomic mass is 10.00. The van der Waals surface area contributed by atoms with Crippen LogP contribution < -0.4 is 5.32 Å². The Hall–Kier alpha value is -1.63. The average molecular weight is 382 g/mol. The van der Waals surface area contributed by atoms with Gasteiger partial charge in [-0.05, 0) is 55.4 Å². The Kier molecular flexibility index (Phi) is 5.85. The number of aliphatic imine (C=N–C) groups is 1. The molecule has 5 nitrogen and oxygen atoms in total. The van der Waals surface area contributed by atoms with Crippen LogP contribution >= 0.6 is 0 Å². The van der Waals surface area contributed by atoms with Crippen molar-refractivity contribution in [1.82, 2.24) is 10.2 Å². The largest absolute Gasteiger partial charge is 0.354 e. The lowest BCUT2D eigenvalue weighted by Gasteiger charge is -2.33. The monoisotopic (exact) mass is 381 g/mol. The highest BCUT2D eigenvalue weighted by molar-refractivity contribution is 7.91. The van der Waals surface area contributed by atoms with Crippen LogP contribution in [-0.2, 0) is 22.8 Å². The smallest absolute Gasteiger partial charge is 0.194 e. The number of guanidine groups is 1. The van der Waals surface area contributed by atoms with Gasteiger partial charge >= 0.3 is 0 Å². The highest BCUT2D eigenvalue weighted by atomic mass is 32.2. The number of sulfone groups is 1. The van der Waals surface area contributed by atoms with Gasteiger partial charge in [0.1, 0.15) is 5.82 Å². The molecular weight excluding hydrogens is 353 g/mol. The second-order valence-electron chi connectivity index (χ2n) is 7.47. The van der Waals surface area contributed by atoms with E-state index in [0.717, 1.165) is 36.5 Å². The molecule has 1 N–H and O–H groups in total. The lowest BCUT2D eigenvalue weighted by Crippen LogP contribution is -2.47. The summed E-state index contributed by atoms with van der Waals surface area (Å²) in [5.74, 6) is 1.28. The number of rotatable bonds is 4. The Morgan fingerprint density at radius 1 is 1.42 bits per heavy atom. The second-order valence-corrected chi connectivity index (χ2v) is 9.70. The van der Waals surface area contributed by atoms with Gasteiger partial charge in [-0.3, -0.25) is 4.99 Å². The fourth-order valence-electron chi connectivity index (χ4n) is 3.49. The number of hydrogen-bond acceptors (Lipinski definition) is 3. The number of fused-ring (bicyclic) bond motifs is 1. The van der Waals surface area contributed by atoms with E-state index in [0.29, 0.717) is 19.5 Å². The van der Waals surface area contributed by atoms with Crippen LogP contribution in [0.4, 0.5) is 4.39 Å². The van der Waals surface area contributed by atoms with Crippen molar-refractivity contribution in [2.75, 3.05) is 24.6 Å². The van der Waals surface area contributed by atoms with Gasteiger partial charge in [0.05, 0.1) is 11.5 Å². The first-order chi connectivity index (χ1) is 12.4.